The van der Waals surface area contributed by atoms with E-state index in [0.29, 0.717) is 0 Å². The fourth-order valence-corrected chi connectivity index (χ4v) is 9.76. The van der Waals surface area contributed by atoms with Crippen LogP contribution in [0.3, 0.4) is 0 Å². The minimum Gasteiger partial charge on any atom is -0.354 e. The van der Waals surface area contributed by atoms with Gasteiger partial charge in [0.25, 0.3) is 0 Å². The van der Waals surface area contributed by atoms with Gasteiger partial charge in [-0.25, -0.2) is 0 Å². The van der Waals surface area contributed by atoms with Crippen molar-refractivity contribution < 1.29 is 0 Å². The van der Waals surface area contributed by atoms with E-state index in [1.165, 1.54) is 122 Å². The van der Waals surface area contributed by atoms with E-state index in [-0.39, 0.29) is 21.7 Å². The summed E-state index contributed by atoms with van der Waals surface area (Å²) < 4.78 is 0. The first-order chi connectivity index (χ1) is 33.2. The fraction of sp³-hybridized carbons (Fsp3) is 0.235. The molecule has 0 bridgehead atoms. The number of aromatic amines is 2. The van der Waals surface area contributed by atoms with Gasteiger partial charge >= 0.3 is 0 Å². The highest BCUT2D eigenvalue weighted by Crippen LogP contribution is 2.41. The molecule has 0 spiro atoms. The zero-order chi connectivity index (χ0) is 49.3. The predicted octanol–water partition coefficient (Wildman–Crippen LogP) is 19.5. The molecule has 0 saturated heterocycles. The highest BCUT2D eigenvalue weighted by Gasteiger charge is 2.23. The third-order valence-electron chi connectivity index (χ3n) is 14.4. The lowest BCUT2D eigenvalue weighted by Gasteiger charge is -2.21. The Bertz CT molecular complexity index is 3370. The van der Waals surface area contributed by atoms with Crippen molar-refractivity contribution in [2.24, 2.45) is 0 Å². The summed E-state index contributed by atoms with van der Waals surface area (Å²) in [7, 11) is 0. The Morgan fingerprint density at radius 2 is 0.543 bits per heavy atom. The highest BCUT2D eigenvalue weighted by atomic mass is 14.7. The molecule has 0 fully saturated rings. The SMILES string of the molecule is CC(C)(C)c1ccc2[nH]c3c(-c4ccc(C=Cc5ccc(-c6ccc(C=Cc7ccc(-c8cc(C(C)(C)C)cc9c8[nH]c8ccc(C(C)(C)C)cc89)cc7)cc6)cc5)cc4)cc(C(C)(C)C)cc3c2c1. The molecule has 350 valence electrons. The second-order valence-corrected chi connectivity index (χ2v) is 23.8. The monoisotopic (exact) mass is 913 g/mol. The lowest BCUT2D eigenvalue weighted by molar-refractivity contribution is 0.590. The Hall–Kier alpha value is -7.16. The third-order valence-corrected chi connectivity index (χ3v) is 14.4. The third kappa shape index (κ3) is 9.33. The molecule has 70 heavy (non-hydrogen) atoms. The van der Waals surface area contributed by atoms with E-state index in [4.69, 9.17) is 0 Å². The molecule has 2 nitrogen and oxygen atoms in total. The van der Waals surface area contributed by atoms with Crippen LogP contribution in [-0.2, 0) is 21.7 Å². The second-order valence-electron chi connectivity index (χ2n) is 23.8. The van der Waals surface area contributed by atoms with Gasteiger partial charge in [0.15, 0.2) is 0 Å². The molecule has 10 aromatic rings. The summed E-state index contributed by atoms with van der Waals surface area (Å²) in [6.45, 7) is 27.6. The number of H-pyrrole nitrogens is 2. The van der Waals surface area contributed by atoms with E-state index in [1.54, 1.807) is 0 Å². The van der Waals surface area contributed by atoms with Crippen LogP contribution in [0, 0.1) is 0 Å². The van der Waals surface area contributed by atoms with E-state index in [0.717, 1.165) is 0 Å². The minimum absolute atomic E-state index is 0.0228. The van der Waals surface area contributed by atoms with E-state index >= 15 is 0 Å². The van der Waals surface area contributed by atoms with E-state index < -0.39 is 0 Å². The topological polar surface area (TPSA) is 31.6 Å². The van der Waals surface area contributed by atoms with Crippen LogP contribution in [0.1, 0.15) is 128 Å². The summed E-state index contributed by atoms with van der Waals surface area (Å²) in [4.78, 5) is 7.59. The molecule has 2 N–H and O–H groups in total. The first kappa shape index (κ1) is 46.6. The van der Waals surface area contributed by atoms with Gasteiger partial charge in [-0.2, -0.15) is 0 Å². The molecule has 0 atom stereocenters. The van der Waals surface area contributed by atoms with Gasteiger partial charge in [-0.05, 0) is 137 Å². The van der Waals surface area contributed by atoms with E-state index in [2.05, 4.69) is 275 Å². The molecule has 0 amide bonds. The smallest absolute Gasteiger partial charge is 0.0544 e. The molecule has 0 aliphatic rings. The number of nitrogens with one attached hydrogen (secondary N) is 2. The summed E-state index contributed by atoms with van der Waals surface area (Å²) in [6.07, 6.45) is 8.83. The Morgan fingerprint density at radius 1 is 0.271 bits per heavy atom. The quantitative estimate of drug-likeness (QED) is 0.149. The molecule has 2 aromatic heterocycles. The lowest BCUT2D eigenvalue weighted by atomic mass is 9.83. The molecule has 10 rings (SSSR count). The van der Waals surface area contributed by atoms with E-state index in [9.17, 15) is 0 Å². The van der Waals surface area contributed by atoms with Gasteiger partial charge in [-0.1, -0.05) is 217 Å². The summed E-state index contributed by atoms with van der Waals surface area (Å²) in [6, 6.07) is 59.1. The molecular formula is C68H68N2. The van der Waals surface area contributed by atoms with Gasteiger partial charge in [-0.15, -0.1) is 0 Å². The zero-order valence-corrected chi connectivity index (χ0v) is 43.3. The summed E-state index contributed by atoms with van der Waals surface area (Å²) in [5, 5.41) is 5.18. The molecule has 8 aromatic carbocycles. The van der Waals surface area contributed by atoms with Gasteiger partial charge in [0.05, 0.1) is 11.0 Å². The van der Waals surface area contributed by atoms with Gasteiger partial charge in [0.1, 0.15) is 0 Å². The Labute approximate surface area is 416 Å². The van der Waals surface area contributed by atoms with Crippen molar-refractivity contribution in [2.45, 2.75) is 105 Å². The van der Waals surface area contributed by atoms with Crippen LogP contribution in [0.15, 0.2) is 158 Å². The van der Waals surface area contributed by atoms with Crippen LogP contribution in [0.2, 0.25) is 0 Å². The first-order valence-corrected chi connectivity index (χ1v) is 25.1. The Balaban J connectivity index is 0.822. The summed E-state index contributed by atoms with van der Waals surface area (Å²) >= 11 is 0. The van der Waals surface area contributed by atoms with Crippen molar-refractivity contribution >= 4 is 67.9 Å². The summed E-state index contributed by atoms with van der Waals surface area (Å²) in [5.41, 5.74) is 22.4. The average Bonchev–Trinajstić information content (AvgIpc) is 3.90. The Morgan fingerprint density at radius 3 is 0.829 bits per heavy atom. The molecule has 0 radical (unpaired) electrons. The average molecular weight is 913 g/mol. The van der Waals surface area contributed by atoms with Crippen LogP contribution < -0.4 is 0 Å². The van der Waals surface area contributed by atoms with Gasteiger partial charge < -0.3 is 9.97 Å². The van der Waals surface area contributed by atoms with E-state index in [1.807, 2.05) is 0 Å². The molecule has 0 aliphatic carbocycles. The predicted molar refractivity (Wildman–Crippen MR) is 307 cm³/mol. The van der Waals surface area contributed by atoms with Crippen molar-refractivity contribution in [2.75, 3.05) is 0 Å². The maximum absolute atomic E-state index is 3.80. The van der Waals surface area contributed by atoms with Gasteiger partial charge in [0, 0.05) is 43.7 Å². The van der Waals surface area contributed by atoms with Gasteiger partial charge in [-0.3, -0.25) is 0 Å². The van der Waals surface area contributed by atoms with Crippen LogP contribution in [0.4, 0.5) is 0 Å². The number of benzene rings is 8. The number of aromatic nitrogens is 2. The van der Waals surface area contributed by atoms with Gasteiger partial charge in [0.2, 0.25) is 0 Å². The minimum atomic E-state index is 0.0228. The standard InChI is InChI=1S/C68H68N2/c1-65(2,3)51-33-35-61-57(37-51)59-41-53(67(7,8)9)39-55(63(59)69-61)49-29-21-45(22-30-49)15-13-43-17-25-47(26-18-43)48-27-19-44(20-28-48)14-16-46-23-31-50(32-24-46)56-40-54(68(10,11)12)42-60-58-38-52(66(4,5)6)34-36-62(58)70-64(56)60/h13-42,69-70H,1-12H3. The van der Waals surface area contributed by atoms with Crippen molar-refractivity contribution in [3.05, 3.63) is 202 Å². The maximum atomic E-state index is 3.80. The molecule has 0 unspecified atom stereocenters. The summed E-state index contributed by atoms with van der Waals surface area (Å²) in [5.74, 6) is 0. The molecule has 0 saturated carbocycles. The molecule has 0 aliphatic heterocycles. The molecular weight excluding hydrogens is 845 g/mol. The van der Waals surface area contributed by atoms with Crippen molar-refractivity contribution in [3.8, 4) is 33.4 Å². The van der Waals surface area contributed by atoms with Crippen molar-refractivity contribution in [3.63, 3.8) is 0 Å². The molecule has 2 heteroatoms. The maximum Gasteiger partial charge on any atom is 0.0544 e. The lowest BCUT2D eigenvalue weighted by Crippen LogP contribution is -2.11. The van der Waals surface area contributed by atoms with Crippen LogP contribution >= 0.6 is 0 Å². The first-order valence-electron chi connectivity index (χ1n) is 25.1. The Kier molecular flexibility index (Phi) is 11.5. The van der Waals surface area contributed by atoms with Crippen LogP contribution in [0.5, 0.6) is 0 Å². The van der Waals surface area contributed by atoms with Crippen LogP contribution in [0.25, 0.3) is 101 Å². The zero-order valence-electron chi connectivity index (χ0n) is 43.3. The largest absolute Gasteiger partial charge is 0.354 e. The van der Waals surface area contributed by atoms with Crippen molar-refractivity contribution in [1.82, 2.24) is 9.97 Å². The van der Waals surface area contributed by atoms with Crippen molar-refractivity contribution in [1.29, 1.82) is 0 Å². The number of hydrogen-bond acceptors (Lipinski definition) is 0. The number of rotatable bonds is 7. The highest BCUT2D eigenvalue weighted by molar-refractivity contribution is 6.13. The van der Waals surface area contributed by atoms with Crippen LogP contribution in [-0.4, -0.2) is 9.97 Å². The normalized spacial score (nSPS) is 13.0. The second kappa shape index (κ2) is 17.4. The number of hydrogen-bond donors (Lipinski definition) is 2. The molecule has 2 heterocycles. The fourth-order valence-electron chi connectivity index (χ4n) is 9.76. The number of fused-ring (bicyclic) bond motifs is 6.